The van der Waals surface area contributed by atoms with Crippen LogP contribution in [0.1, 0.15) is 20.3 Å². The van der Waals surface area contributed by atoms with Gasteiger partial charge in [0.2, 0.25) is 0 Å². The maximum absolute atomic E-state index is 9.17. The van der Waals surface area contributed by atoms with Gasteiger partial charge in [-0.2, -0.15) is 0 Å². The molecule has 0 amide bonds. The van der Waals surface area contributed by atoms with Crippen LogP contribution in [-0.4, -0.2) is 22.9 Å². The first-order valence-electron chi connectivity index (χ1n) is 3.29. The van der Waals surface area contributed by atoms with Crippen LogP contribution >= 0.6 is 0 Å². The van der Waals surface area contributed by atoms with E-state index in [0.29, 0.717) is 6.42 Å². The summed E-state index contributed by atoms with van der Waals surface area (Å²) in [6.07, 6.45) is 4.77. The summed E-state index contributed by atoms with van der Waals surface area (Å²) in [6, 6.07) is 0. The van der Waals surface area contributed by atoms with Crippen LogP contribution in [0.2, 0.25) is 0 Å². The van der Waals surface area contributed by atoms with Gasteiger partial charge in [0.15, 0.2) is 0 Å². The predicted molar refractivity (Wildman–Crippen MR) is 40.3 cm³/mol. The highest BCUT2D eigenvalue weighted by atomic mass is 16.3. The van der Waals surface area contributed by atoms with E-state index in [2.05, 4.69) is 5.92 Å². The Balaban J connectivity index is 3.99. The van der Waals surface area contributed by atoms with Gasteiger partial charge >= 0.3 is 0 Å². The Morgan fingerprint density at radius 2 is 2.10 bits per heavy atom. The molecule has 0 rings (SSSR count). The molecule has 10 heavy (non-hydrogen) atoms. The molecule has 2 heteroatoms. The average molecular weight is 142 g/mol. The molecule has 0 aromatic carbocycles. The average Bonchev–Trinajstić information content (AvgIpc) is 1.86. The number of rotatable bonds is 3. The molecule has 0 saturated heterocycles. The summed E-state index contributed by atoms with van der Waals surface area (Å²) in [7, 11) is 0. The molecule has 1 atom stereocenters. The van der Waals surface area contributed by atoms with Crippen LogP contribution in [0.4, 0.5) is 0 Å². The SMILES string of the molecule is C#CC(O)C(C)(C)CCO. The Labute approximate surface area is 61.9 Å². The van der Waals surface area contributed by atoms with E-state index in [9.17, 15) is 0 Å². The lowest BCUT2D eigenvalue weighted by Crippen LogP contribution is -2.28. The topological polar surface area (TPSA) is 40.5 Å². The molecule has 0 radical (unpaired) electrons. The maximum atomic E-state index is 9.17. The molecule has 0 saturated carbocycles. The second-order valence-electron chi connectivity index (χ2n) is 3.03. The summed E-state index contributed by atoms with van der Waals surface area (Å²) >= 11 is 0. The molecule has 0 heterocycles. The highest BCUT2D eigenvalue weighted by molar-refractivity contribution is 5.00. The van der Waals surface area contributed by atoms with Crippen LogP contribution in [0.25, 0.3) is 0 Å². The van der Waals surface area contributed by atoms with E-state index in [1.807, 2.05) is 13.8 Å². The van der Waals surface area contributed by atoms with Crippen molar-refractivity contribution < 1.29 is 10.2 Å². The highest BCUT2D eigenvalue weighted by Crippen LogP contribution is 2.23. The van der Waals surface area contributed by atoms with E-state index < -0.39 is 6.10 Å². The summed E-state index contributed by atoms with van der Waals surface area (Å²) in [5.41, 5.74) is -0.372. The minimum Gasteiger partial charge on any atom is -0.396 e. The van der Waals surface area contributed by atoms with Gasteiger partial charge in [-0.15, -0.1) is 6.42 Å². The number of hydrogen-bond acceptors (Lipinski definition) is 2. The zero-order chi connectivity index (χ0) is 8.20. The van der Waals surface area contributed by atoms with Crippen molar-refractivity contribution >= 4 is 0 Å². The van der Waals surface area contributed by atoms with Crippen LogP contribution in [-0.2, 0) is 0 Å². The monoisotopic (exact) mass is 142 g/mol. The lowest BCUT2D eigenvalue weighted by Gasteiger charge is -2.25. The van der Waals surface area contributed by atoms with Gasteiger partial charge in [0.25, 0.3) is 0 Å². The standard InChI is InChI=1S/C8H14O2/c1-4-7(10)8(2,3)5-6-9/h1,7,9-10H,5-6H2,2-3H3. The quantitative estimate of drug-likeness (QED) is 0.559. The van der Waals surface area contributed by atoms with Gasteiger partial charge in [0.05, 0.1) is 0 Å². The van der Waals surface area contributed by atoms with Gasteiger partial charge in [0, 0.05) is 12.0 Å². The molecular weight excluding hydrogens is 128 g/mol. The molecular formula is C8H14O2. The molecule has 0 aromatic rings. The fourth-order valence-corrected chi connectivity index (χ4v) is 0.650. The summed E-state index contributed by atoms with van der Waals surface area (Å²) in [5.74, 6) is 2.23. The molecule has 1 unspecified atom stereocenters. The summed E-state index contributed by atoms with van der Waals surface area (Å²) < 4.78 is 0. The molecule has 0 aliphatic rings. The molecule has 0 bridgehead atoms. The Morgan fingerprint density at radius 3 is 2.40 bits per heavy atom. The first-order chi connectivity index (χ1) is 4.54. The van der Waals surface area contributed by atoms with Crippen LogP contribution in [0.5, 0.6) is 0 Å². The van der Waals surface area contributed by atoms with E-state index >= 15 is 0 Å². The Morgan fingerprint density at radius 1 is 1.60 bits per heavy atom. The summed E-state index contributed by atoms with van der Waals surface area (Å²) in [6.45, 7) is 3.72. The minimum absolute atomic E-state index is 0.0613. The van der Waals surface area contributed by atoms with Crippen molar-refractivity contribution in [3.63, 3.8) is 0 Å². The van der Waals surface area contributed by atoms with Crippen molar-refractivity contribution in [1.29, 1.82) is 0 Å². The van der Waals surface area contributed by atoms with Crippen LogP contribution in [0.3, 0.4) is 0 Å². The second-order valence-corrected chi connectivity index (χ2v) is 3.03. The van der Waals surface area contributed by atoms with Gasteiger partial charge in [-0.1, -0.05) is 19.8 Å². The normalized spacial score (nSPS) is 14.3. The first-order valence-corrected chi connectivity index (χ1v) is 3.29. The van der Waals surface area contributed by atoms with E-state index in [-0.39, 0.29) is 12.0 Å². The number of aliphatic hydroxyl groups is 2. The second kappa shape index (κ2) is 3.60. The van der Waals surface area contributed by atoms with Crippen LogP contribution < -0.4 is 0 Å². The maximum Gasteiger partial charge on any atom is 0.119 e. The number of hydrogen-bond donors (Lipinski definition) is 2. The van der Waals surface area contributed by atoms with E-state index in [1.54, 1.807) is 0 Å². The van der Waals surface area contributed by atoms with Crippen molar-refractivity contribution in [3.8, 4) is 12.3 Å². The fraction of sp³-hybridized carbons (Fsp3) is 0.750. The van der Waals surface area contributed by atoms with Crippen molar-refractivity contribution in [3.05, 3.63) is 0 Å². The van der Waals surface area contributed by atoms with Crippen LogP contribution in [0.15, 0.2) is 0 Å². The summed E-state index contributed by atoms with van der Waals surface area (Å²) in [4.78, 5) is 0. The van der Waals surface area contributed by atoms with Gasteiger partial charge in [0.1, 0.15) is 6.10 Å². The molecule has 2 nitrogen and oxygen atoms in total. The van der Waals surface area contributed by atoms with Crippen molar-refractivity contribution in [2.75, 3.05) is 6.61 Å². The van der Waals surface area contributed by atoms with Crippen molar-refractivity contribution in [2.45, 2.75) is 26.4 Å². The Hall–Kier alpha value is -0.520. The third-order valence-corrected chi connectivity index (χ3v) is 1.65. The Kier molecular flexibility index (Phi) is 3.41. The largest absolute Gasteiger partial charge is 0.396 e. The van der Waals surface area contributed by atoms with E-state index in [4.69, 9.17) is 16.6 Å². The van der Waals surface area contributed by atoms with Gasteiger partial charge in [-0.3, -0.25) is 0 Å². The van der Waals surface area contributed by atoms with Crippen molar-refractivity contribution in [1.82, 2.24) is 0 Å². The lowest BCUT2D eigenvalue weighted by atomic mass is 9.84. The third-order valence-electron chi connectivity index (χ3n) is 1.65. The molecule has 2 N–H and O–H groups in total. The first kappa shape index (κ1) is 9.48. The van der Waals surface area contributed by atoms with Crippen LogP contribution in [0, 0.1) is 17.8 Å². The zero-order valence-corrected chi connectivity index (χ0v) is 6.46. The minimum atomic E-state index is -0.764. The molecule has 0 spiro atoms. The number of aliphatic hydroxyl groups excluding tert-OH is 2. The summed E-state index contributed by atoms with van der Waals surface area (Å²) in [5, 5.41) is 17.7. The van der Waals surface area contributed by atoms with Crippen molar-refractivity contribution in [2.24, 2.45) is 5.41 Å². The van der Waals surface area contributed by atoms with Gasteiger partial charge in [-0.05, 0) is 6.42 Å². The molecule has 58 valence electrons. The van der Waals surface area contributed by atoms with E-state index in [1.165, 1.54) is 0 Å². The number of terminal acetylenes is 1. The fourth-order valence-electron chi connectivity index (χ4n) is 0.650. The lowest BCUT2D eigenvalue weighted by molar-refractivity contribution is 0.0737. The molecule has 0 aliphatic heterocycles. The molecule has 0 aliphatic carbocycles. The third kappa shape index (κ3) is 2.38. The molecule has 0 fully saturated rings. The molecule has 0 aromatic heterocycles. The zero-order valence-electron chi connectivity index (χ0n) is 6.46. The Bertz CT molecular complexity index is 133. The van der Waals surface area contributed by atoms with Gasteiger partial charge < -0.3 is 10.2 Å². The predicted octanol–water partition coefficient (Wildman–Crippen LogP) is 0.389. The smallest absolute Gasteiger partial charge is 0.119 e. The highest BCUT2D eigenvalue weighted by Gasteiger charge is 2.24. The van der Waals surface area contributed by atoms with E-state index in [0.717, 1.165) is 0 Å². The van der Waals surface area contributed by atoms with Gasteiger partial charge in [-0.25, -0.2) is 0 Å².